The number of urea groups is 3. The summed E-state index contributed by atoms with van der Waals surface area (Å²) in [6.07, 6.45) is 1.95. The molecule has 23 nitrogen and oxygen atoms in total. The van der Waals surface area contributed by atoms with Crippen molar-refractivity contribution < 1.29 is 76.5 Å². The van der Waals surface area contributed by atoms with Gasteiger partial charge in [0.1, 0.15) is 12.1 Å². The first kappa shape index (κ1) is 55.7. The number of hydrogen-bond donors (Lipinski definition) is 8. The van der Waals surface area contributed by atoms with Crippen molar-refractivity contribution in [2.75, 3.05) is 107 Å². The molecule has 5 heterocycles. The number of fused-ring (bicyclic) bond motifs is 2. The second-order valence-electron chi connectivity index (χ2n) is 17.8. The van der Waals surface area contributed by atoms with E-state index < -0.39 is 71.6 Å². The molecule has 2 bridgehead atoms. The van der Waals surface area contributed by atoms with Gasteiger partial charge in [-0.2, -0.15) is 0 Å². The molecule has 67 heavy (non-hydrogen) atoms. The van der Waals surface area contributed by atoms with Gasteiger partial charge in [0, 0.05) is 95.6 Å². The van der Waals surface area contributed by atoms with Crippen LogP contribution in [0, 0.1) is 17.8 Å². The SMILES string of the molecule is O=C(NCCCN1CCN(C(CCNC(=O)NCC2CCS(=O)(=O)C2)C(=O)O)Cc2cccc(n2)CN(C(CCNC(=O)NCC2CCS(=O)(=O)C2)C(=O)O)CC1)NCC1CCS(=O)(=O)C1.[Mn]. The molecule has 5 atom stereocenters. The van der Waals surface area contributed by atoms with Gasteiger partial charge in [-0.25, -0.2) is 39.6 Å². The summed E-state index contributed by atoms with van der Waals surface area (Å²) in [4.78, 5) is 73.8. The molecule has 3 saturated heterocycles. The van der Waals surface area contributed by atoms with E-state index >= 15 is 0 Å². The van der Waals surface area contributed by atoms with Crippen LogP contribution in [0.2, 0.25) is 0 Å². The Morgan fingerprint density at radius 2 is 0.955 bits per heavy atom. The molecule has 5 unspecified atom stereocenters. The first-order valence-corrected chi connectivity index (χ1v) is 28.0. The Hall–Kier alpha value is -3.85. The maximum absolute atomic E-state index is 12.8. The Balaban J connectivity index is 0.00000980. The van der Waals surface area contributed by atoms with Gasteiger partial charge in [0.2, 0.25) is 0 Å². The molecule has 6 amide bonds. The largest absolute Gasteiger partial charge is 0.480 e. The molecule has 1 aromatic rings. The molecule has 0 saturated carbocycles. The van der Waals surface area contributed by atoms with E-state index in [4.69, 9.17) is 4.98 Å². The Kier molecular flexibility index (Phi) is 21.8. The van der Waals surface area contributed by atoms with Crippen LogP contribution in [0.25, 0.3) is 0 Å². The van der Waals surface area contributed by atoms with Crippen LogP contribution in [-0.4, -0.2) is 204 Å². The van der Waals surface area contributed by atoms with Crippen molar-refractivity contribution in [2.24, 2.45) is 17.8 Å². The Bertz CT molecular complexity index is 2080. The summed E-state index contributed by atoms with van der Waals surface area (Å²) in [5.41, 5.74) is 1.07. The average Bonchev–Trinajstić information content (AvgIpc) is 3.92. The number of amides is 6. The molecule has 4 aliphatic heterocycles. The molecular weight excluding hydrogens is 980 g/mol. The van der Waals surface area contributed by atoms with Crippen molar-refractivity contribution in [1.29, 1.82) is 0 Å². The molecule has 1 radical (unpaired) electrons. The zero-order chi connectivity index (χ0) is 47.9. The maximum Gasteiger partial charge on any atom is 0.320 e. The summed E-state index contributed by atoms with van der Waals surface area (Å²) in [6.45, 7) is 2.66. The number of carboxylic acids is 2. The molecule has 3 fully saturated rings. The van der Waals surface area contributed by atoms with Gasteiger partial charge >= 0.3 is 30.0 Å². The van der Waals surface area contributed by atoms with Gasteiger partial charge in [-0.15, -0.1) is 0 Å². The minimum Gasteiger partial charge on any atom is -0.480 e. The average molecular weight is 1050 g/mol. The monoisotopic (exact) mass is 1050 g/mol. The van der Waals surface area contributed by atoms with E-state index in [1.807, 2.05) is 4.90 Å². The van der Waals surface area contributed by atoms with Gasteiger partial charge < -0.3 is 47.0 Å². The predicted octanol–water partition coefficient (Wildman–Crippen LogP) is -1.72. The Labute approximate surface area is 403 Å². The fourth-order valence-corrected chi connectivity index (χ4v) is 14.3. The van der Waals surface area contributed by atoms with E-state index in [0.717, 1.165) is 0 Å². The van der Waals surface area contributed by atoms with E-state index in [0.29, 0.717) is 56.7 Å². The number of rotatable bonds is 20. The minimum atomic E-state index is -3.11. The van der Waals surface area contributed by atoms with E-state index in [1.165, 1.54) is 0 Å². The third-order valence-corrected chi connectivity index (χ3v) is 17.9. The van der Waals surface area contributed by atoms with Gasteiger partial charge in [0.25, 0.3) is 0 Å². The summed E-state index contributed by atoms with van der Waals surface area (Å²) >= 11 is 0. The molecule has 4 aliphatic rings. The molecule has 0 spiro atoms. The molecule has 27 heteroatoms. The van der Waals surface area contributed by atoms with Gasteiger partial charge in [-0.05, 0) is 75.0 Å². The maximum atomic E-state index is 12.8. The minimum absolute atomic E-state index is 0. The second-order valence-corrected chi connectivity index (χ2v) is 24.4. The number of carbonyl (C=O) groups is 5. The van der Waals surface area contributed by atoms with Crippen LogP contribution < -0.4 is 31.9 Å². The van der Waals surface area contributed by atoms with Crippen molar-refractivity contribution >= 4 is 59.5 Å². The zero-order valence-electron chi connectivity index (χ0n) is 37.6. The fourth-order valence-electron chi connectivity index (χ4n) is 8.76. The topological polar surface area (TPSA) is 323 Å². The van der Waals surface area contributed by atoms with Crippen LogP contribution in [0.3, 0.4) is 0 Å². The smallest absolute Gasteiger partial charge is 0.320 e. The normalized spacial score (nSPS) is 23.8. The molecule has 1 aromatic heterocycles. The third-order valence-electron chi connectivity index (χ3n) is 12.4. The summed E-state index contributed by atoms with van der Waals surface area (Å²) in [6, 6.07) is 1.66. The summed E-state index contributed by atoms with van der Waals surface area (Å²) in [5, 5.41) is 37.2. The number of nitrogens with one attached hydrogen (secondary N) is 6. The summed E-state index contributed by atoms with van der Waals surface area (Å²) in [5.74, 6) is -2.43. The predicted molar refractivity (Wildman–Crippen MR) is 243 cm³/mol. The van der Waals surface area contributed by atoms with E-state index in [-0.39, 0.29) is 148 Å². The molecule has 5 rings (SSSR count). The molecule has 379 valence electrons. The van der Waals surface area contributed by atoms with Gasteiger partial charge in [0.15, 0.2) is 29.5 Å². The van der Waals surface area contributed by atoms with Gasteiger partial charge in [0.05, 0.1) is 45.9 Å². The number of hydrogen-bond acceptors (Lipinski definition) is 15. The van der Waals surface area contributed by atoms with E-state index in [9.17, 15) is 59.4 Å². The van der Waals surface area contributed by atoms with Crippen LogP contribution in [-0.2, 0) is 69.3 Å². The molecule has 0 aromatic carbocycles. The van der Waals surface area contributed by atoms with Gasteiger partial charge in [-0.1, -0.05) is 6.07 Å². The van der Waals surface area contributed by atoms with Crippen LogP contribution in [0.5, 0.6) is 0 Å². The third kappa shape index (κ3) is 19.6. The molecular formula is C40H66MnN10O13S3. The number of carboxylic acid groups (broad SMARTS) is 2. The van der Waals surface area contributed by atoms with Crippen LogP contribution in [0.1, 0.15) is 49.9 Å². The molecule has 8 N–H and O–H groups in total. The summed E-state index contributed by atoms with van der Waals surface area (Å²) < 4.78 is 70.9. The number of sulfone groups is 3. The first-order chi connectivity index (χ1) is 31.2. The Morgan fingerprint density at radius 3 is 1.30 bits per heavy atom. The second kappa shape index (κ2) is 26.2. The van der Waals surface area contributed by atoms with Crippen molar-refractivity contribution in [3.63, 3.8) is 0 Å². The van der Waals surface area contributed by atoms with E-state index in [1.54, 1.807) is 28.0 Å². The number of aliphatic carboxylic acids is 2. The van der Waals surface area contributed by atoms with Crippen molar-refractivity contribution in [3.8, 4) is 0 Å². The Morgan fingerprint density at radius 1 is 0.582 bits per heavy atom. The van der Waals surface area contributed by atoms with Gasteiger partial charge in [-0.3, -0.25) is 24.4 Å². The van der Waals surface area contributed by atoms with Crippen LogP contribution in [0.15, 0.2) is 18.2 Å². The fraction of sp³-hybridized carbons (Fsp3) is 0.750. The number of aromatic nitrogens is 1. The van der Waals surface area contributed by atoms with Crippen LogP contribution in [0.4, 0.5) is 14.4 Å². The van der Waals surface area contributed by atoms with Crippen molar-refractivity contribution in [2.45, 2.75) is 63.7 Å². The molecule has 0 aliphatic carbocycles. The summed E-state index contributed by atoms with van der Waals surface area (Å²) in [7, 11) is -9.31. The number of carbonyl (C=O) groups excluding carboxylic acids is 3. The van der Waals surface area contributed by atoms with Crippen LogP contribution >= 0.6 is 0 Å². The first-order valence-electron chi connectivity index (χ1n) is 22.5. The number of pyridine rings is 1. The zero-order valence-corrected chi connectivity index (χ0v) is 41.2. The van der Waals surface area contributed by atoms with Crippen molar-refractivity contribution in [1.82, 2.24) is 51.6 Å². The van der Waals surface area contributed by atoms with Crippen molar-refractivity contribution in [3.05, 3.63) is 29.6 Å². The van der Waals surface area contributed by atoms with E-state index in [2.05, 4.69) is 31.9 Å². The quantitative estimate of drug-likeness (QED) is 0.0532. The number of nitrogens with zero attached hydrogens (tertiary/aromatic N) is 4. The standard InChI is InChI=1S/C40H66N10O13S3.Mn/c51-36(52)34(5-11-42-39(56)45-22-30-8-19-65(60,61)27-30)49-16-14-48(13-2-10-41-38(55)44-21-29-7-18-64(58,59)26-29)15-17-50(25-33-4-1-3-32(24-49)47-33)35(37(53)54)6-12-43-40(57)46-23-31-9-20-66(62,63)28-31;/h1,3-4,29-31,34-35H,2,5-28H2,(H,51,52)(H,53,54)(H2,41,44,55)(H2,42,45,56)(H2,43,46,57);.